The van der Waals surface area contributed by atoms with Gasteiger partial charge in [0.05, 0.1) is 6.10 Å². The van der Waals surface area contributed by atoms with Crippen LogP contribution in [0.3, 0.4) is 0 Å². The average molecular weight is 193 g/mol. The lowest BCUT2D eigenvalue weighted by molar-refractivity contribution is -0.154. The number of carbonyl (C=O) groups is 1. The summed E-state index contributed by atoms with van der Waals surface area (Å²) in [6.45, 7) is 0. The largest absolute Gasteiger partial charge is 0.459 e. The van der Waals surface area contributed by atoms with Crippen molar-refractivity contribution in [1.29, 1.82) is 0 Å². The smallest absolute Gasteiger partial charge is 0.321 e. The van der Waals surface area contributed by atoms with Crippen LogP contribution in [0.4, 0.5) is 0 Å². The van der Waals surface area contributed by atoms with E-state index < -0.39 is 12.1 Å². The number of aliphatic hydroxyl groups excluding tert-OH is 1. The Morgan fingerprint density at radius 3 is 2.75 bits per heavy atom. The second-order valence-electron chi connectivity index (χ2n) is 3.01. The van der Waals surface area contributed by atoms with Gasteiger partial charge in [0.2, 0.25) is 0 Å². The summed E-state index contributed by atoms with van der Waals surface area (Å²) in [5, 5.41) is 9.39. The molecule has 0 aliphatic heterocycles. The van der Waals surface area contributed by atoms with Crippen LogP contribution in [0.2, 0.25) is 0 Å². The number of aliphatic hydroxyl groups is 1. The molecule has 0 unspecified atom stereocenters. The van der Waals surface area contributed by atoms with Crippen LogP contribution in [-0.4, -0.2) is 29.2 Å². The maximum Gasteiger partial charge on any atom is 0.321 e. The van der Waals surface area contributed by atoms with Gasteiger partial charge in [-0.25, -0.2) is 0 Å². The van der Waals surface area contributed by atoms with Gasteiger partial charge in [0, 0.05) is 0 Å². The van der Waals surface area contributed by atoms with Crippen molar-refractivity contribution < 1.29 is 14.6 Å². The molecule has 0 aromatic carbocycles. The molecule has 12 heavy (non-hydrogen) atoms. The van der Waals surface area contributed by atoms with Crippen LogP contribution in [0.1, 0.15) is 25.7 Å². The van der Waals surface area contributed by atoms with Crippen molar-refractivity contribution in [2.45, 2.75) is 37.9 Å². The Balaban J connectivity index is 2.33. The van der Waals surface area contributed by atoms with Gasteiger partial charge < -0.3 is 9.84 Å². The summed E-state index contributed by atoms with van der Waals surface area (Å²) in [6, 6.07) is 0. The predicted molar refractivity (Wildman–Crippen MR) is 45.1 cm³/mol. The zero-order chi connectivity index (χ0) is 8.97. The fourth-order valence-corrected chi connectivity index (χ4v) is 1.48. The Bertz CT molecular complexity index is 160. The second-order valence-corrected chi connectivity index (χ2v) is 3.28. The molecule has 4 heteroatoms. The minimum Gasteiger partial charge on any atom is -0.459 e. The first-order valence-corrected chi connectivity index (χ1v) is 4.71. The molecule has 0 amide bonds. The highest BCUT2D eigenvalue weighted by Crippen LogP contribution is 2.21. The molecule has 0 bridgehead atoms. The molecule has 1 rings (SSSR count). The summed E-state index contributed by atoms with van der Waals surface area (Å²) < 4.78 is 4.93. The molecule has 0 radical (unpaired) electrons. The third kappa shape index (κ3) is 2.64. The molecule has 0 heterocycles. The van der Waals surface area contributed by atoms with Gasteiger partial charge in [-0.15, -0.1) is 11.6 Å². The van der Waals surface area contributed by atoms with E-state index in [1.165, 1.54) is 0 Å². The standard InChI is InChI=1S/C8H13ClO3/c9-5-8(11)12-7-4-2-1-3-6(7)10/h6-7,10H,1-5H2/t6-,7+/m1/s1. The quantitative estimate of drug-likeness (QED) is 0.526. The molecule has 0 spiro atoms. The average Bonchev–Trinajstić information content (AvgIpc) is 2.09. The van der Waals surface area contributed by atoms with Crippen molar-refractivity contribution in [1.82, 2.24) is 0 Å². The highest BCUT2D eigenvalue weighted by atomic mass is 35.5. The molecule has 1 N–H and O–H groups in total. The molecule has 1 saturated carbocycles. The minimum absolute atomic E-state index is 0.136. The van der Waals surface area contributed by atoms with Crippen LogP contribution in [0.25, 0.3) is 0 Å². The van der Waals surface area contributed by atoms with Crippen LogP contribution < -0.4 is 0 Å². The number of hydrogen-bond acceptors (Lipinski definition) is 3. The minimum atomic E-state index is -0.495. The third-order valence-corrected chi connectivity index (χ3v) is 2.28. The highest BCUT2D eigenvalue weighted by Gasteiger charge is 2.25. The molecule has 2 atom stereocenters. The van der Waals surface area contributed by atoms with Gasteiger partial charge >= 0.3 is 5.97 Å². The molecule has 1 aliphatic rings. The molecule has 70 valence electrons. The van der Waals surface area contributed by atoms with Crippen LogP contribution in [-0.2, 0) is 9.53 Å². The van der Waals surface area contributed by atoms with Crippen molar-refractivity contribution in [3.05, 3.63) is 0 Å². The third-order valence-electron chi connectivity index (χ3n) is 2.06. The fourth-order valence-electron chi connectivity index (χ4n) is 1.42. The van der Waals surface area contributed by atoms with Gasteiger partial charge in [-0.05, 0) is 19.3 Å². The van der Waals surface area contributed by atoms with E-state index in [1.807, 2.05) is 0 Å². The van der Waals surface area contributed by atoms with Crippen molar-refractivity contribution in [2.24, 2.45) is 0 Å². The van der Waals surface area contributed by atoms with E-state index >= 15 is 0 Å². The van der Waals surface area contributed by atoms with Gasteiger partial charge in [-0.2, -0.15) is 0 Å². The van der Waals surface area contributed by atoms with Crippen molar-refractivity contribution in [3.8, 4) is 0 Å². The van der Waals surface area contributed by atoms with E-state index in [1.54, 1.807) is 0 Å². The Kier molecular flexibility index (Phi) is 3.82. The highest BCUT2D eigenvalue weighted by molar-refractivity contribution is 6.26. The van der Waals surface area contributed by atoms with E-state index in [4.69, 9.17) is 16.3 Å². The lowest BCUT2D eigenvalue weighted by atomic mass is 9.95. The molecule has 3 nitrogen and oxygen atoms in total. The number of hydrogen-bond donors (Lipinski definition) is 1. The Hall–Kier alpha value is -0.280. The SMILES string of the molecule is O=C(CCl)O[C@H]1CCCC[C@H]1O. The number of esters is 1. The van der Waals surface area contributed by atoms with E-state index in [-0.39, 0.29) is 12.0 Å². The zero-order valence-corrected chi connectivity index (χ0v) is 7.59. The maximum atomic E-state index is 10.8. The molecular weight excluding hydrogens is 180 g/mol. The molecule has 0 saturated heterocycles. The van der Waals surface area contributed by atoms with E-state index in [0.29, 0.717) is 0 Å². The van der Waals surface area contributed by atoms with E-state index in [9.17, 15) is 9.90 Å². The van der Waals surface area contributed by atoms with Crippen LogP contribution in [0.5, 0.6) is 0 Å². The van der Waals surface area contributed by atoms with E-state index in [2.05, 4.69) is 0 Å². The van der Waals surface area contributed by atoms with Crippen molar-refractivity contribution >= 4 is 17.6 Å². The summed E-state index contributed by atoms with van der Waals surface area (Å²) in [5.41, 5.74) is 0. The number of halogens is 1. The normalized spacial score (nSPS) is 29.8. The summed E-state index contributed by atoms with van der Waals surface area (Å²) >= 11 is 5.26. The van der Waals surface area contributed by atoms with Gasteiger partial charge in [0.15, 0.2) is 0 Å². The molecule has 1 aliphatic carbocycles. The molecule has 1 fully saturated rings. The first-order valence-electron chi connectivity index (χ1n) is 4.17. The van der Waals surface area contributed by atoms with Gasteiger partial charge in [0.1, 0.15) is 12.0 Å². The Labute approximate surface area is 76.7 Å². The summed E-state index contributed by atoms with van der Waals surface area (Å²) in [7, 11) is 0. The van der Waals surface area contributed by atoms with Crippen LogP contribution in [0, 0.1) is 0 Å². The number of carbonyl (C=O) groups excluding carboxylic acids is 1. The Morgan fingerprint density at radius 1 is 1.50 bits per heavy atom. The molecule has 0 aromatic heterocycles. The first kappa shape index (κ1) is 9.81. The van der Waals surface area contributed by atoms with Gasteiger partial charge in [-0.3, -0.25) is 4.79 Å². The predicted octanol–water partition coefficient (Wildman–Crippen LogP) is 1.07. The molecular formula is C8H13ClO3. The topological polar surface area (TPSA) is 46.5 Å². The van der Waals surface area contributed by atoms with Crippen LogP contribution >= 0.6 is 11.6 Å². The first-order chi connectivity index (χ1) is 5.74. The van der Waals surface area contributed by atoms with Crippen LogP contribution in [0.15, 0.2) is 0 Å². The van der Waals surface area contributed by atoms with Crippen molar-refractivity contribution in [2.75, 3.05) is 5.88 Å². The van der Waals surface area contributed by atoms with Crippen molar-refractivity contribution in [3.63, 3.8) is 0 Å². The lowest BCUT2D eigenvalue weighted by Gasteiger charge is -2.26. The van der Waals surface area contributed by atoms with Gasteiger partial charge in [0.25, 0.3) is 0 Å². The summed E-state index contributed by atoms with van der Waals surface area (Å²) in [6.07, 6.45) is 2.67. The number of ether oxygens (including phenoxy) is 1. The number of rotatable bonds is 2. The Morgan fingerprint density at radius 2 is 2.17 bits per heavy atom. The second kappa shape index (κ2) is 4.67. The lowest BCUT2D eigenvalue weighted by Crippen LogP contribution is -2.34. The molecule has 0 aromatic rings. The maximum absolute atomic E-state index is 10.8. The summed E-state index contributed by atoms with van der Waals surface area (Å²) in [4.78, 5) is 10.8. The summed E-state index contributed by atoms with van der Waals surface area (Å²) in [5.74, 6) is -0.578. The van der Waals surface area contributed by atoms with Gasteiger partial charge in [-0.1, -0.05) is 6.42 Å². The zero-order valence-electron chi connectivity index (χ0n) is 6.83. The fraction of sp³-hybridized carbons (Fsp3) is 0.875. The monoisotopic (exact) mass is 192 g/mol. The van der Waals surface area contributed by atoms with E-state index in [0.717, 1.165) is 25.7 Å². The number of alkyl halides is 1.